The molecule has 0 saturated heterocycles. The summed E-state index contributed by atoms with van der Waals surface area (Å²) in [5, 5.41) is 14.8. The summed E-state index contributed by atoms with van der Waals surface area (Å²) in [4.78, 5) is 29.1. The van der Waals surface area contributed by atoms with Gasteiger partial charge in [0.15, 0.2) is 0 Å². The molecule has 0 bridgehead atoms. The van der Waals surface area contributed by atoms with Crippen molar-refractivity contribution < 1.29 is 19.1 Å². The van der Waals surface area contributed by atoms with Crippen LogP contribution in [0.1, 0.15) is 32.0 Å². The zero-order chi connectivity index (χ0) is 28.1. The molecule has 2 N–H and O–H groups in total. The largest absolute Gasteiger partial charge is 0.497 e. The van der Waals surface area contributed by atoms with Crippen LogP contribution in [0.15, 0.2) is 96.1 Å². The highest BCUT2D eigenvalue weighted by Crippen LogP contribution is 2.37. The molecule has 0 aliphatic heterocycles. The van der Waals surface area contributed by atoms with E-state index in [1.165, 1.54) is 6.21 Å². The topological polar surface area (TPSA) is 117 Å². The van der Waals surface area contributed by atoms with Crippen LogP contribution in [0.5, 0.6) is 11.5 Å². The lowest BCUT2D eigenvalue weighted by atomic mass is 10.0. The smallest absolute Gasteiger partial charge is 0.343 e. The Labute approximate surface area is 234 Å². The number of ether oxygens (including phenoxy) is 2. The fourth-order valence-corrected chi connectivity index (χ4v) is 4.44. The van der Waals surface area contributed by atoms with Crippen LogP contribution >= 0.6 is 11.6 Å². The fourth-order valence-electron chi connectivity index (χ4n) is 4.21. The number of nitrogens with one attached hydrogen (secondary N) is 2. The van der Waals surface area contributed by atoms with Gasteiger partial charge in [-0.3, -0.25) is 4.79 Å². The highest BCUT2D eigenvalue weighted by molar-refractivity contribution is 6.34. The first-order valence-corrected chi connectivity index (χ1v) is 12.5. The van der Waals surface area contributed by atoms with Crippen LogP contribution in [0.2, 0.25) is 5.02 Å². The van der Waals surface area contributed by atoms with Gasteiger partial charge in [-0.2, -0.15) is 10.4 Å². The Kier molecular flexibility index (Phi) is 7.58. The van der Waals surface area contributed by atoms with Gasteiger partial charge in [0, 0.05) is 27.1 Å². The molecule has 0 radical (unpaired) electrons. The van der Waals surface area contributed by atoms with Gasteiger partial charge in [0.05, 0.1) is 30.0 Å². The van der Waals surface area contributed by atoms with Gasteiger partial charge in [-0.1, -0.05) is 54.1 Å². The Hall–Kier alpha value is -5.39. The van der Waals surface area contributed by atoms with Gasteiger partial charge in [0.2, 0.25) is 0 Å². The number of hydrogen-bond donors (Lipinski definition) is 2. The van der Waals surface area contributed by atoms with Gasteiger partial charge in [-0.05, 0) is 48.5 Å². The van der Waals surface area contributed by atoms with Gasteiger partial charge in [0.25, 0.3) is 5.91 Å². The molecule has 9 heteroatoms. The zero-order valence-electron chi connectivity index (χ0n) is 21.1. The van der Waals surface area contributed by atoms with E-state index in [2.05, 4.69) is 21.6 Å². The number of aromatic amines is 1. The lowest BCUT2D eigenvalue weighted by Gasteiger charge is -2.08. The van der Waals surface area contributed by atoms with Gasteiger partial charge >= 0.3 is 5.97 Å². The number of nitriles is 1. The molecule has 5 rings (SSSR count). The number of carbonyl (C=O) groups excluding carboxylic acids is 2. The average Bonchev–Trinajstić information content (AvgIpc) is 3.38. The molecule has 8 nitrogen and oxygen atoms in total. The summed E-state index contributed by atoms with van der Waals surface area (Å²) < 4.78 is 10.7. The monoisotopic (exact) mass is 548 g/mol. The molecule has 0 atom stereocenters. The number of aromatic nitrogens is 1. The van der Waals surface area contributed by atoms with Gasteiger partial charge in [-0.15, -0.1) is 0 Å². The second-order valence-corrected chi connectivity index (χ2v) is 8.96. The number of hydrazone groups is 1. The number of methoxy groups -OCH3 is 1. The molecule has 0 unspecified atom stereocenters. The van der Waals surface area contributed by atoms with Gasteiger partial charge in [-0.25, -0.2) is 10.2 Å². The van der Waals surface area contributed by atoms with E-state index in [4.69, 9.17) is 21.1 Å². The number of esters is 1. The maximum Gasteiger partial charge on any atom is 0.343 e. The minimum absolute atomic E-state index is 0.196. The van der Waals surface area contributed by atoms with Crippen LogP contribution in [-0.2, 0) is 0 Å². The van der Waals surface area contributed by atoms with Crippen molar-refractivity contribution in [2.24, 2.45) is 5.10 Å². The van der Waals surface area contributed by atoms with E-state index in [0.29, 0.717) is 49.5 Å². The lowest BCUT2D eigenvalue weighted by Crippen LogP contribution is -2.19. The van der Waals surface area contributed by atoms with E-state index in [-0.39, 0.29) is 11.4 Å². The predicted molar refractivity (Wildman–Crippen MR) is 153 cm³/mol. The van der Waals surface area contributed by atoms with Crippen LogP contribution in [0.4, 0.5) is 0 Å². The van der Waals surface area contributed by atoms with E-state index in [9.17, 15) is 14.9 Å². The quantitative estimate of drug-likeness (QED) is 0.106. The first kappa shape index (κ1) is 26.2. The summed E-state index contributed by atoms with van der Waals surface area (Å²) in [6, 6.07) is 27.9. The third kappa shape index (κ3) is 5.27. The van der Waals surface area contributed by atoms with Crippen LogP contribution in [0, 0.1) is 11.3 Å². The number of carbonyl (C=O) groups is 2. The van der Waals surface area contributed by atoms with Crippen molar-refractivity contribution in [2.45, 2.75) is 0 Å². The molecule has 4 aromatic carbocycles. The van der Waals surface area contributed by atoms with Crippen LogP contribution < -0.4 is 14.9 Å². The molecule has 0 aliphatic carbocycles. The summed E-state index contributed by atoms with van der Waals surface area (Å²) in [6.45, 7) is 0. The second-order valence-electron chi connectivity index (χ2n) is 8.55. The van der Waals surface area contributed by atoms with Crippen LogP contribution in [-0.4, -0.2) is 30.2 Å². The number of para-hydroxylation sites is 2. The van der Waals surface area contributed by atoms with Crippen molar-refractivity contribution >= 4 is 40.6 Å². The molecule has 196 valence electrons. The molecule has 0 fully saturated rings. The molecule has 0 aliphatic rings. The van der Waals surface area contributed by atoms with E-state index >= 15 is 0 Å². The minimum atomic E-state index is -0.553. The fraction of sp³-hybridized carbons (Fsp3) is 0.0323. The molecular formula is C31H21ClN4O4. The molecule has 1 aromatic heterocycles. The number of fused-ring (bicyclic) bond motifs is 1. The number of rotatable bonds is 7. The third-order valence-corrected chi connectivity index (χ3v) is 6.47. The molecule has 40 heavy (non-hydrogen) atoms. The number of hydrogen-bond acceptors (Lipinski definition) is 6. The Morgan fingerprint density at radius 3 is 2.48 bits per heavy atom. The van der Waals surface area contributed by atoms with Crippen LogP contribution in [0.3, 0.4) is 0 Å². The number of benzene rings is 4. The maximum absolute atomic E-state index is 13.3. The number of halogens is 1. The zero-order valence-corrected chi connectivity index (χ0v) is 21.9. The Bertz CT molecular complexity index is 1800. The standard InChI is InChI=1S/C31H21ClN4O4/c1-39-22-15-13-19(14-16-22)31(38)40-26-12-5-2-7-21(26)18-34-36-30(37)29-27(23-9-3-4-11-25(23)32)24-10-6-8-20(17-33)28(24)35-29/h2-16,18,35H,1H3,(H,36,37). The molecule has 5 aromatic rings. The first-order chi connectivity index (χ1) is 19.5. The Morgan fingerprint density at radius 1 is 0.975 bits per heavy atom. The maximum atomic E-state index is 13.3. The van der Waals surface area contributed by atoms with Crippen molar-refractivity contribution in [1.29, 1.82) is 5.26 Å². The highest BCUT2D eigenvalue weighted by atomic mass is 35.5. The molecular weight excluding hydrogens is 528 g/mol. The number of amides is 1. The summed E-state index contributed by atoms with van der Waals surface area (Å²) in [5.41, 5.74) is 5.64. The Morgan fingerprint density at radius 2 is 1.73 bits per heavy atom. The SMILES string of the molecule is COc1ccc(C(=O)Oc2ccccc2C=NNC(=O)c2[nH]c3c(C#N)cccc3c2-c2ccccc2Cl)cc1. The van der Waals surface area contributed by atoms with Crippen molar-refractivity contribution in [1.82, 2.24) is 10.4 Å². The first-order valence-electron chi connectivity index (χ1n) is 12.1. The predicted octanol–water partition coefficient (Wildman–Crippen LogP) is 6.35. The van der Waals surface area contributed by atoms with Crippen molar-refractivity contribution in [3.8, 4) is 28.7 Å². The second kappa shape index (κ2) is 11.6. The van der Waals surface area contributed by atoms with Crippen molar-refractivity contribution in [3.05, 3.63) is 118 Å². The summed E-state index contributed by atoms with van der Waals surface area (Å²) in [6.07, 6.45) is 1.38. The van der Waals surface area contributed by atoms with E-state index < -0.39 is 11.9 Å². The van der Waals surface area contributed by atoms with Gasteiger partial charge < -0.3 is 14.5 Å². The summed E-state index contributed by atoms with van der Waals surface area (Å²) in [5.74, 6) is -0.207. The van der Waals surface area contributed by atoms with Crippen molar-refractivity contribution in [2.75, 3.05) is 7.11 Å². The van der Waals surface area contributed by atoms with Gasteiger partial charge in [0.1, 0.15) is 23.3 Å². The Balaban J connectivity index is 1.41. The molecule has 1 heterocycles. The summed E-state index contributed by atoms with van der Waals surface area (Å²) >= 11 is 6.48. The summed E-state index contributed by atoms with van der Waals surface area (Å²) in [7, 11) is 1.54. The molecule has 0 spiro atoms. The molecule has 0 saturated carbocycles. The van der Waals surface area contributed by atoms with Crippen molar-refractivity contribution in [3.63, 3.8) is 0 Å². The van der Waals surface area contributed by atoms with E-state index in [0.717, 1.165) is 0 Å². The number of nitrogens with zero attached hydrogens (tertiary/aromatic N) is 2. The average molecular weight is 549 g/mol. The van der Waals surface area contributed by atoms with E-state index in [1.807, 2.05) is 12.1 Å². The van der Waals surface area contributed by atoms with Crippen LogP contribution in [0.25, 0.3) is 22.0 Å². The van der Waals surface area contributed by atoms with E-state index in [1.54, 1.807) is 86.0 Å². The third-order valence-electron chi connectivity index (χ3n) is 6.14. The molecule has 1 amide bonds. The lowest BCUT2D eigenvalue weighted by molar-refractivity contribution is 0.0734. The minimum Gasteiger partial charge on any atom is -0.497 e. The highest BCUT2D eigenvalue weighted by Gasteiger charge is 2.22. The number of H-pyrrole nitrogens is 1. The normalized spacial score (nSPS) is 10.8.